The van der Waals surface area contributed by atoms with Gasteiger partial charge >= 0.3 is 0 Å². The van der Waals surface area contributed by atoms with Crippen LogP contribution in [0.3, 0.4) is 0 Å². The number of nitrogens with one attached hydrogen (secondary N) is 2. The molecule has 0 spiro atoms. The lowest BCUT2D eigenvalue weighted by Crippen LogP contribution is -2.44. The third-order valence-corrected chi connectivity index (χ3v) is 4.17. The summed E-state index contributed by atoms with van der Waals surface area (Å²) in [6.07, 6.45) is 5.15. The van der Waals surface area contributed by atoms with Crippen LogP contribution >= 0.6 is 0 Å². The lowest BCUT2D eigenvalue weighted by molar-refractivity contribution is -0.126. The van der Waals surface area contributed by atoms with Gasteiger partial charge in [-0.05, 0) is 26.7 Å². The number of carbonyl (C=O) groups excluding carboxylic acids is 1. The first-order chi connectivity index (χ1) is 8.59. The maximum atomic E-state index is 12.4. The number of amides is 1. The molecule has 0 aromatic carbocycles. The number of hydrogen-bond donors (Lipinski definition) is 3. The summed E-state index contributed by atoms with van der Waals surface area (Å²) in [5.41, 5.74) is 7.43. The van der Waals surface area contributed by atoms with Crippen molar-refractivity contribution in [2.45, 2.75) is 46.0 Å². The molecule has 1 saturated carbocycles. The van der Waals surface area contributed by atoms with Crippen LogP contribution in [0.25, 0.3) is 0 Å². The van der Waals surface area contributed by atoms with Gasteiger partial charge in [0.15, 0.2) is 5.82 Å². The molecule has 1 heterocycles. The molecule has 18 heavy (non-hydrogen) atoms. The van der Waals surface area contributed by atoms with Crippen LogP contribution in [0.4, 0.5) is 5.82 Å². The minimum atomic E-state index is -0.391. The van der Waals surface area contributed by atoms with Gasteiger partial charge in [0, 0.05) is 17.8 Å². The average molecular weight is 250 g/mol. The third-order valence-electron chi connectivity index (χ3n) is 4.17. The van der Waals surface area contributed by atoms with Gasteiger partial charge in [-0.3, -0.25) is 9.89 Å². The maximum absolute atomic E-state index is 12.4. The molecule has 0 atom stereocenters. The smallest absolute Gasteiger partial charge is 0.233 e. The van der Waals surface area contributed by atoms with Crippen LogP contribution in [0.2, 0.25) is 0 Å². The van der Waals surface area contributed by atoms with E-state index in [9.17, 15) is 4.79 Å². The zero-order valence-electron chi connectivity index (χ0n) is 11.2. The van der Waals surface area contributed by atoms with Crippen molar-refractivity contribution in [2.75, 3.05) is 11.9 Å². The predicted molar refractivity (Wildman–Crippen MR) is 71.3 cm³/mol. The molecule has 1 aliphatic rings. The predicted octanol–water partition coefficient (Wildman–Crippen LogP) is 1.87. The summed E-state index contributed by atoms with van der Waals surface area (Å²) < 4.78 is 0. The highest BCUT2D eigenvalue weighted by Gasteiger charge is 2.38. The molecule has 0 aliphatic heterocycles. The Morgan fingerprint density at radius 3 is 2.56 bits per heavy atom. The molecule has 1 amide bonds. The SMILES string of the molecule is Cc1[nH]nc(NC(=O)C2(CN)CCCCC2)c1C. The van der Waals surface area contributed by atoms with E-state index in [2.05, 4.69) is 15.5 Å². The van der Waals surface area contributed by atoms with Crippen molar-refractivity contribution < 1.29 is 4.79 Å². The number of aromatic amines is 1. The largest absolute Gasteiger partial charge is 0.329 e. The van der Waals surface area contributed by atoms with Gasteiger partial charge in [0.1, 0.15) is 0 Å². The molecule has 0 saturated heterocycles. The van der Waals surface area contributed by atoms with E-state index >= 15 is 0 Å². The Balaban J connectivity index is 2.13. The number of nitrogens with zero attached hydrogens (tertiary/aromatic N) is 1. The van der Waals surface area contributed by atoms with Crippen molar-refractivity contribution in [2.24, 2.45) is 11.1 Å². The van der Waals surface area contributed by atoms with Crippen LogP contribution in [0.5, 0.6) is 0 Å². The van der Waals surface area contributed by atoms with E-state index in [0.29, 0.717) is 12.4 Å². The quantitative estimate of drug-likeness (QED) is 0.765. The Morgan fingerprint density at radius 2 is 2.06 bits per heavy atom. The lowest BCUT2D eigenvalue weighted by atomic mass is 9.73. The molecule has 0 unspecified atom stereocenters. The third kappa shape index (κ3) is 2.27. The monoisotopic (exact) mass is 250 g/mol. The Labute approximate surface area is 108 Å². The molecule has 4 N–H and O–H groups in total. The summed E-state index contributed by atoms with van der Waals surface area (Å²) in [5.74, 6) is 0.662. The summed E-state index contributed by atoms with van der Waals surface area (Å²) in [4.78, 5) is 12.4. The minimum Gasteiger partial charge on any atom is -0.329 e. The molecule has 100 valence electrons. The average Bonchev–Trinajstić information content (AvgIpc) is 2.71. The van der Waals surface area contributed by atoms with Crippen molar-refractivity contribution in [3.8, 4) is 0 Å². The van der Waals surface area contributed by atoms with E-state index < -0.39 is 5.41 Å². The highest BCUT2D eigenvalue weighted by atomic mass is 16.2. The standard InChI is InChI=1S/C13H22N4O/c1-9-10(2)16-17-11(9)15-12(18)13(8-14)6-4-3-5-7-13/h3-8,14H2,1-2H3,(H2,15,16,17,18). The molecule has 5 heteroatoms. The summed E-state index contributed by atoms with van der Waals surface area (Å²) >= 11 is 0. The number of aryl methyl sites for hydroxylation is 1. The van der Waals surface area contributed by atoms with Crippen LogP contribution in [0.15, 0.2) is 0 Å². The lowest BCUT2D eigenvalue weighted by Gasteiger charge is -2.34. The number of aromatic nitrogens is 2. The van der Waals surface area contributed by atoms with Crippen LogP contribution < -0.4 is 11.1 Å². The Morgan fingerprint density at radius 1 is 1.39 bits per heavy atom. The fourth-order valence-corrected chi connectivity index (χ4v) is 2.60. The normalized spacial score (nSPS) is 18.6. The number of nitrogens with two attached hydrogens (primary N) is 1. The van der Waals surface area contributed by atoms with Gasteiger partial charge < -0.3 is 11.1 Å². The van der Waals surface area contributed by atoms with Crippen molar-refractivity contribution in [1.29, 1.82) is 0 Å². The van der Waals surface area contributed by atoms with Crippen LogP contribution in [0, 0.1) is 19.3 Å². The second-order valence-electron chi connectivity index (χ2n) is 5.32. The number of hydrogen-bond acceptors (Lipinski definition) is 3. The topological polar surface area (TPSA) is 83.8 Å². The second-order valence-corrected chi connectivity index (χ2v) is 5.32. The molecule has 1 aromatic rings. The Kier molecular flexibility index (Phi) is 3.71. The van der Waals surface area contributed by atoms with E-state index in [0.717, 1.165) is 36.9 Å². The van der Waals surface area contributed by atoms with E-state index in [-0.39, 0.29) is 5.91 Å². The van der Waals surface area contributed by atoms with Gasteiger partial charge in [0.25, 0.3) is 0 Å². The van der Waals surface area contributed by atoms with Gasteiger partial charge in [0.05, 0.1) is 5.41 Å². The fourth-order valence-electron chi connectivity index (χ4n) is 2.60. The van der Waals surface area contributed by atoms with Crippen LogP contribution in [-0.2, 0) is 4.79 Å². The maximum Gasteiger partial charge on any atom is 0.233 e. The molecule has 0 radical (unpaired) electrons. The van der Waals surface area contributed by atoms with E-state index in [1.54, 1.807) is 0 Å². The molecule has 2 rings (SSSR count). The van der Waals surface area contributed by atoms with Gasteiger partial charge in [0.2, 0.25) is 5.91 Å². The second kappa shape index (κ2) is 5.10. The number of rotatable bonds is 3. The van der Waals surface area contributed by atoms with Crippen molar-refractivity contribution in [3.05, 3.63) is 11.3 Å². The summed E-state index contributed by atoms with van der Waals surface area (Å²) in [6.45, 7) is 4.31. The van der Waals surface area contributed by atoms with Gasteiger partial charge in [-0.2, -0.15) is 5.10 Å². The van der Waals surface area contributed by atoms with Gasteiger partial charge in [-0.25, -0.2) is 0 Å². The van der Waals surface area contributed by atoms with E-state index in [1.807, 2.05) is 13.8 Å². The van der Waals surface area contributed by atoms with Crippen molar-refractivity contribution >= 4 is 11.7 Å². The van der Waals surface area contributed by atoms with Gasteiger partial charge in [-0.1, -0.05) is 19.3 Å². The van der Waals surface area contributed by atoms with E-state index in [4.69, 9.17) is 5.73 Å². The first-order valence-electron chi connectivity index (χ1n) is 6.62. The molecule has 1 aromatic heterocycles. The minimum absolute atomic E-state index is 0.0271. The highest BCUT2D eigenvalue weighted by Crippen LogP contribution is 2.36. The molecule has 0 bridgehead atoms. The molecule has 1 aliphatic carbocycles. The summed E-state index contributed by atoms with van der Waals surface area (Å²) in [7, 11) is 0. The first-order valence-corrected chi connectivity index (χ1v) is 6.62. The molecular formula is C13H22N4O. The van der Waals surface area contributed by atoms with Crippen molar-refractivity contribution in [1.82, 2.24) is 10.2 Å². The van der Waals surface area contributed by atoms with Crippen LogP contribution in [0.1, 0.15) is 43.4 Å². The molecule has 5 nitrogen and oxygen atoms in total. The van der Waals surface area contributed by atoms with Crippen molar-refractivity contribution in [3.63, 3.8) is 0 Å². The molecular weight excluding hydrogens is 228 g/mol. The zero-order chi connectivity index (χ0) is 13.2. The summed E-state index contributed by atoms with van der Waals surface area (Å²) in [6, 6.07) is 0. The number of H-pyrrole nitrogens is 1. The van der Waals surface area contributed by atoms with Crippen LogP contribution in [-0.4, -0.2) is 22.6 Å². The first kappa shape index (κ1) is 13.1. The Bertz CT molecular complexity index is 432. The number of carbonyl (C=O) groups is 1. The highest BCUT2D eigenvalue weighted by molar-refractivity contribution is 5.95. The van der Waals surface area contributed by atoms with E-state index in [1.165, 1.54) is 6.42 Å². The zero-order valence-corrected chi connectivity index (χ0v) is 11.2. The fraction of sp³-hybridized carbons (Fsp3) is 0.692. The summed E-state index contributed by atoms with van der Waals surface area (Å²) in [5, 5.41) is 9.93. The molecule has 1 fully saturated rings. The number of anilines is 1. The van der Waals surface area contributed by atoms with Gasteiger partial charge in [-0.15, -0.1) is 0 Å². The Hall–Kier alpha value is -1.36.